The molecule has 0 aliphatic rings. The van der Waals surface area contributed by atoms with Gasteiger partial charge in [0.15, 0.2) is 5.69 Å². The van der Waals surface area contributed by atoms with E-state index >= 15 is 0 Å². The summed E-state index contributed by atoms with van der Waals surface area (Å²) in [6, 6.07) is -0.206. The lowest BCUT2D eigenvalue weighted by molar-refractivity contribution is -0.360. The van der Waals surface area contributed by atoms with E-state index in [0.717, 1.165) is 0 Å². The van der Waals surface area contributed by atoms with E-state index in [0.29, 0.717) is 0 Å². The van der Waals surface area contributed by atoms with Crippen LogP contribution >= 0.6 is 0 Å². The molecular weight excluding hydrogens is 279 g/mol. The highest BCUT2D eigenvalue weighted by Crippen LogP contribution is 2.51. The van der Waals surface area contributed by atoms with Crippen molar-refractivity contribution in [3.63, 3.8) is 0 Å². The van der Waals surface area contributed by atoms with Crippen LogP contribution in [0.25, 0.3) is 0 Å². The van der Waals surface area contributed by atoms with E-state index in [2.05, 4.69) is 9.68 Å². The van der Waals surface area contributed by atoms with Crippen LogP contribution in [-0.2, 0) is 5.92 Å². The van der Waals surface area contributed by atoms with Gasteiger partial charge in [0, 0.05) is 6.07 Å². The van der Waals surface area contributed by atoms with Crippen molar-refractivity contribution >= 4 is 5.97 Å². The highest BCUT2D eigenvalue weighted by Gasteiger charge is 2.74. The topological polar surface area (TPSA) is 63.3 Å². The fourth-order valence-electron chi connectivity index (χ4n) is 0.863. The Bertz CT molecular complexity index is 464. The zero-order valence-corrected chi connectivity index (χ0v) is 7.93. The smallest absolute Gasteiger partial charge is 0.460 e. The number of hydrogen-bond donors (Lipinski definition) is 1. The monoisotopic (exact) mass is 281 g/mol. The molecule has 0 unspecified atom stereocenters. The quantitative estimate of drug-likeness (QED) is 0.865. The number of hydrogen-bond acceptors (Lipinski definition) is 3. The van der Waals surface area contributed by atoms with Gasteiger partial charge in [0.1, 0.15) is 0 Å². The van der Waals surface area contributed by atoms with Gasteiger partial charge in [-0.05, 0) is 0 Å². The second-order valence-corrected chi connectivity index (χ2v) is 3.03. The first-order chi connectivity index (χ1) is 7.91. The largest absolute Gasteiger partial charge is 0.475 e. The standard InChI is InChI=1S/C7H2F7NO3/c8-5(9,6(10,11)7(12,13)14)3-1-2(4(16)17)18-15-3/h1H,(H,16,17). The number of halogens is 7. The third-order valence-electron chi connectivity index (χ3n) is 1.79. The average molecular weight is 281 g/mol. The summed E-state index contributed by atoms with van der Waals surface area (Å²) in [4.78, 5) is 10.2. The van der Waals surface area contributed by atoms with E-state index in [1.165, 1.54) is 0 Å². The van der Waals surface area contributed by atoms with Crippen LogP contribution in [0.5, 0.6) is 0 Å². The number of aromatic carboxylic acids is 1. The molecule has 0 spiro atoms. The lowest BCUT2D eigenvalue weighted by Crippen LogP contribution is -2.50. The predicted octanol–water partition coefficient (Wildman–Crippen LogP) is 2.66. The fourth-order valence-corrected chi connectivity index (χ4v) is 0.863. The Labute approximate surface area is 93.0 Å². The normalized spacial score (nSPS) is 13.7. The van der Waals surface area contributed by atoms with Gasteiger partial charge in [-0.25, -0.2) is 4.79 Å². The Balaban J connectivity index is 3.24. The second-order valence-electron chi connectivity index (χ2n) is 3.03. The maximum Gasteiger partial charge on any atom is 0.460 e. The van der Waals surface area contributed by atoms with Crippen molar-refractivity contribution in [2.75, 3.05) is 0 Å². The summed E-state index contributed by atoms with van der Waals surface area (Å²) < 4.78 is 89.9. The number of nitrogens with zero attached hydrogens (tertiary/aromatic N) is 1. The molecule has 0 amide bonds. The van der Waals surface area contributed by atoms with Crippen molar-refractivity contribution in [3.05, 3.63) is 17.5 Å². The molecule has 18 heavy (non-hydrogen) atoms. The summed E-state index contributed by atoms with van der Waals surface area (Å²) in [5.74, 6) is -15.4. The van der Waals surface area contributed by atoms with Crippen molar-refractivity contribution in [1.29, 1.82) is 0 Å². The van der Waals surface area contributed by atoms with Crippen LogP contribution in [-0.4, -0.2) is 28.3 Å². The minimum Gasteiger partial charge on any atom is -0.475 e. The van der Waals surface area contributed by atoms with Gasteiger partial charge >= 0.3 is 24.0 Å². The second kappa shape index (κ2) is 3.85. The maximum absolute atomic E-state index is 12.9. The number of rotatable bonds is 3. The first-order valence-electron chi connectivity index (χ1n) is 3.94. The van der Waals surface area contributed by atoms with Gasteiger partial charge < -0.3 is 9.63 Å². The highest BCUT2D eigenvalue weighted by molar-refractivity contribution is 5.84. The van der Waals surface area contributed by atoms with Crippen LogP contribution < -0.4 is 0 Å². The van der Waals surface area contributed by atoms with Gasteiger partial charge in [-0.1, -0.05) is 5.16 Å². The third kappa shape index (κ3) is 1.99. The van der Waals surface area contributed by atoms with E-state index in [1.807, 2.05) is 0 Å². The molecule has 1 N–H and O–H groups in total. The SMILES string of the molecule is O=C(O)c1cc(C(F)(F)C(F)(F)C(F)(F)F)no1. The Kier molecular flexibility index (Phi) is 3.05. The molecule has 0 bridgehead atoms. The number of carboxylic acids is 1. The number of carbonyl (C=O) groups is 1. The van der Waals surface area contributed by atoms with Crippen molar-refractivity contribution < 1.29 is 45.2 Å². The van der Waals surface area contributed by atoms with Crippen LogP contribution in [0.2, 0.25) is 0 Å². The first kappa shape index (κ1) is 14.3. The number of carboxylic acid groups (broad SMARTS) is 1. The van der Waals surface area contributed by atoms with E-state index in [4.69, 9.17) is 5.11 Å². The molecule has 11 heteroatoms. The summed E-state index contributed by atoms with van der Waals surface area (Å²) in [7, 11) is 0. The zero-order chi connectivity index (χ0) is 14.4. The lowest BCUT2D eigenvalue weighted by atomic mass is 10.1. The minimum atomic E-state index is -6.53. The molecule has 1 rings (SSSR count). The number of aromatic nitrogens is 1. The third-order valence-corrected chi connectivity index (χ3v) is 1.79. The maximum atomic E-state index is 12.9. The lowest BCUT2D eigenvalue weighted by Gasteiger charge is -2.26. The van der Waals surface area contributed by atoms with Crippen LogP contribution in [0.3, 0.4) is 0 Å². The van der Waals surface area contributed by atoms with E-state index < -0.39 is 35.4 Å². The van der Waals surface area contributed by atoms with Crippen LogP contribution in [0.1, 0.15) is 16.2 Å². The molecule has 1 aromatic rings. The van der Waals surface area contributed by atoms with Gasteiger partial charge in [-0.2, -0.15) is 30.7 Å². The Morgan fingerprint density at radius 3 is 2.00 bits per heavy atom. The molecule has 0 aromatic carbocycles. The van der Waals surface area contributed by atoms with Gasteiger partial charge in [-0.3, -0.25) is 0 Å². The molecule has 0 radical (unpaired) electrons. The van der Waals surface area contributed by atoms with Gasteiger partial charge in [0.05, 0.1) is 0 Å². The Morgan fingerprint density at radius 1 is 1.17 bits per heavy atom. The molecular formula is C7H2F7NO3. The van der Waals surface area contributed by atoms with Gasteiger partial charge in [0.25, 0.3) is 0 Å². The van der Waals surface area contributed by atoms with Crippen molar-refractivity contribution in [2.24, 2.45) is 0 Å². The molecule has 0 atom stereocenters. The summed E-state index contributed by atoms with van der Waals surface area (Å²) in [5, 5.41) is 10.4. The van der Waals surface area contributed by atoms with Gasteiger partial charge in [-0.15, -0.1) is 0 Å². The summed E-state index contributed by atoms with van der Waals surface area (Å²) in [5.41, 5.74) is -2.12. The molecule has 1 aromatic heterocycles. The molecule has 0 aliphatic heterocycles. The van der Waals surface area contributed by atoms with E-state index in [9.17, 15) is 35.5 Å². The molecule has 0 saturated heterocycles. The van der Waals surface area contributed by atoms with Crippen LogP contribution in [0, 0.1) is 0 Å². The average Bonchev–Trinajstić information content (AvgIpc) is 2.64. The summed E-state index contributed by atoms with van der Waals surface area (Å²) in [6.45, 7) is 0. The fraction of sp³-hybridized carbons (Fsp3) is 0.429. The van der Waals surface area contributed by atoms with Crippen molar-refractivity contribution in [2.45, 2.75) is 18.0 Å². The van der Waals surface area contributed by atoms with Crippen LogP contribution in [0.4, 0.5) is 30.7 Å². The molecule has 0 fully saturated rings. The molecule has 102 valence electrons. The van der Waals surface area contributed by atoms with Crippen molar-refractivity contribution in [1.82, 2.24) is 5.16 Å². The highest BCUT2D eigenvalue weighted by atomic mass is 19.4. The predicted molar refractivity (Wildman–Crippen MR) is 38.4 cm³/mol. The van der Waals surface area contributed by atoms with E-state index in [-0.39, 0.29) is 6.07 Å². The van der Waals surface area contributed by atoms with Crippen molar-refractivity contribution in [3.8, 4) is 0 Å². The first-order valence-corrected chi connectivity index (χ1v) is 3.94. The zero-order valence-electron chi connectivity index (χ0n) is 7.93. The summed E-state index contributed by atoms with van der Waals surface area (Å²) >= 11 is 0. The Morgan fingerprint density at radius 2 is 1.67 bits per heavy atom. The number of alkyl halides is 7. The van der Waals surface area contributed by atoms with Crippen LogP contribution in [0.15, 0.2) is 10.6 Å². The molecule has 0 aliphatic carbocycles. The molecule has 4 nitrogen and oxygen atoms in total. The minimum absolute atomic E-state index is 0.206. The molecule has 0 saturated carbocycles. The molecule has 1 heterocycles. The summed E-state index contributed by atoms with van der Waals surface area (Å²) in [6.07, 6.45) is -6.53. The van der Waals surface area contributed by atoms with Gasteiger partial charge in [0.2, 0.25) is 5.76 Å². The van der Waals surface area contributed by atoms with E-state index in [1.54, 1.807) is 0 Å². The Hall–Kier alpha value is -1.81.